The molecule has 1 N–H and O–H groups in total. The highest BCUT2D eigenvalue weighted by Gasteiger charge is 2.26. The second-order valence-electron chi connectivity index (χ2n) is 5.94. The van der Waals surface area contributed by atoms with Crippen LogP contribution < -0.4 is 5.32 Å². The summed E-state index contributed by atoms with van der Waals surface area (Å²) in [7, 11) is 1.84. The van der Waals surface area contributed by atoms with Crippen molar-refractivity contribution < 1.29 is 4.79 Å². The Hall–Kier alpha value is -1.88. The number of likely N-dealkylation sites (N-methyl/N-ethyl adjacent to an activating group) is 1. The molecule has 116 valence electrons. The van der Waals surface area contributed by atoms with Gasteiger partial charge in [0, 0.05) is 43.5 Å². The third-order valence-electron chi connectivity index (χ3n) is 4.23. The number of hydrogen-bond donors (Lipinski definition) is 1. The van der Waals surface area contributed by atoms with Gasteiger partial charge >= 0.3 is 6.03 Å². The van der Waals surface area contributed by atoms with Crippen molar-refractivity contribution in [1.29, 1.82) is 0 Å². The van der Waals surface area contributed by atoms with E-state index in [1.165, 1.54) is 11.1 Å². The molecule has 1 aromatic carbocycles. The van der Waals surface area contributed by atoms with E-state index in [0.29, 0.717) is 19.0 Å². The molecule has 0 unspecified atom stereocenters. The van der Waals surface area contributed by atoms with E-state index in [9.17, 15) is 4.79 Å². The summed E-state index contributed by atoms with van der Waals surface area (Å²) in [6.07, 6.45) is 2.88. The van der Waals surface area contributed by atoms with Gasteiger partial charge in [0.25, 0.3) is 0 Å². The Kier molecular flexibility index (Phi) is 4.43. The third kappa shape index (κ3) is 3.14. The average Bonchev–Trinajstić information content (AvgIpc) is 3.02. The maximum Gasteiger partial charge on any atom is 0.317 e. The van der Waals surface area contributed by atoms with Gasteiger partial charge in [-0.3, -0.25) is 0 Å². The van der Waals surface area contributed by atoms with Crippen LogP contribution in [0.5, 0.6) is 0 Å². The maximum absolute atomic E-state index is 12.2. The number of nitrogens with one attached hydrogen (secondary N) is 1. The topological polar surface area (TPSA) is 45.2 Å². The van der Waals surface area contributed by atoms with E-state index in [4.69, 9.17) is 0 Å². The third-order valence-corrected chi connectivity index (χ3v) is 5.24. The van der Waals surface area contributed by atoms with Gasteiger partial charge in [-0.05, 0) is 17.5 Å². The van der Waals surface area contributed by atoms with Gasteiger partial charge in [-0.1, -0.05) is 31.2 Å². The molecule has 1 aliphatic rings. The SMILES string of the molecule is C[C@H](CN(C)C(=O)NC[C@H]1Cc2ccccc21)c1nccs1. The van der Waals surface area contributed by atoms with Crippen molar-refractivity contribution in [3.63, 3.8) is 0 Å². The smallest absolute Gasteiger partial charge is 0.317 e. The number of fused-ring (bicyclic) bond motifs is 1. The van der Waals surface area contributed by atoms with E-state index in [2.05, 4.69) is 41.5 Å². The highest BCUT2D eigenvalue weighted by molar-refractivity contribution is 7.09. The molecule has 1 heterocycles. The van der Waals surface area contributed by atoms with Crippen LogP contribution in [0.15, 0.2) is 35.8 Å². The fraction of sp³-hybridized carbons (Fsp3) is 0.412. The molecule has 0 fully saturated rings. The number of urea groups is 1. The fourth-order valence-corrected chi connectivity index (χ4v) is 3.63. The predicted molar refractivity (Wildman–Crippen MR) is 89.4 cm³/mol. The molecule has 5 heteroatoms. The number of carbonyl (C=O) groups excluding carboxylic acids is 1. The normalized spacial score (nSPS) is 17.3. The Labute approximate surface area is 135 Å². The molecular formula is C17H21N3OS. The summed E-state index contributed by atoms with van der Waals surface area (Å²) in [5, 5.41) is 6.09. The molecule has 1 aromatic heterocycles. The summed E-state index contributed by atoms with van der Waals surface area (Å²) in [6.45, 7) is 3.50. The zero-order valence-corrected chi connectivity index (χ0v) is 13.8. The van der Waals surface area contributed by atoms with Crippen LogP contribution in [0.3, 0.4) is 0 Å². The standard InChI is InChI=1S/C17H21N3OS/c1-12(16-18-7-8-22-16)11-20(2)17(21)19-10-14-9-13-5-3-4-6-15(13)14/h3-8,12,14H,9-11H2,1-2H3,(H,19,21)/t12-,14-/m1/s1. The molecule has 2 atom stereocenters. The molecule has 2 amide bonds. The van der Waals surface area contributed by atoms with E-state index in [0.717, 1.165) is 11.4 Å². The molecule has 0 spiro atoms. The number of nitrogens with zero attached hydrogens (tertiary/aromatic N) is 2. The van der Waals surface area contributed by atoms with Gasteiger partial charge in [0.05, 0.1) is 5.01 Å². The quantitative estimate of drug-likeness (QED) is 0.921. The predicted octanol–water partition coefficient (Wildman–Crippen LogP) is 3.23. The second-order valence-corrected chi connectivity index (χ2v) is 6.86. The van der Waals surface area contributed by atoms with Crippen molar-refractivity contribution >= 4 is 17.4 Å². The Morgan fingerprint density at radius 1 is 1.50 bits per heavy atom. The summed E-state index contributed by atoms with van der Waals surface area (Å²) >= 11 is 1.64. The van der Waals surface area contributed by atoms with E-state index in [1.54, 1.807) is 16.2 Å². The molecule has 22 heavy (non-hydrogen) atoms. The van der Waals surface area contributed by atoms with Gasteiger partial charge in [0.1, 0.15) is 0 Å². The van der Waals surface area contributed by atoms with E-state index in [1.807, 2.05) is 18.6 Å². The molecular weight excluding hydrogens is 294 g/mol. The summed E-state index contributed by atoms with van der Waals surface area (Å²) in [5.74, 6) is 0.727. The van der Waals surface area contributed by atoms with Crippen molar-refractivity contribution in [1.82, 2.24) is 15.2 Å². The molecule has 3 rings (SSSR count). The molecule has 0 saturated carbocycles. The van der Waals surface area contributed by atoms with E-state index >= 15 is 0 Å². The van der Waals surface area contributed by atoms with Crippen molar-refractivity contribution in [3.8, 4) is 0 Å². The van der Waals surface area contributed by atoms with Crippen molar-refractivity contribution in [2.24, 2.45) is 0 Å². The first-order valence-corrected chi connectivity index (χ1v) is 8.49. The second kappa shape index (κ2) is 6.48. The number of hydrogen-bond acceptors (Lipinski definition) is 3. The summed E-state index contributed by atoms with van der Waals surface area (Å²) < 4.78 is 0. The van der Waals surface area contributed by atoms with Crippen LogP contribution in [-0.2, 0) is 6.42 Å². The lowest BCUT2D eigenvalue weighted by molar-refractivity contribution is 0.205. The molecule has 0 saturated heterocycles. The number of amides is 2. The lowest BCUT2D eigenvalue weighted by Crippen LogP contribution is -2.42. The highest BCUT2D eigenvalue weighted by Crippen LogP contribution is 2.34. The highest BCUT2D eigenvalue weighted by atomic mass is 32.1. The van der Waals surface area contributed by atoms with Gasteiger partial charge < -0.3 is 10.2 Å². The van der Waals surface area contributed by atoms with Gasteiger partial charge in [-0.25, -0.2) is 9.78 Å². The minimum atomic E-state index is -0.00668. The lowest BCUT2D eigenvalue weighted by Gasteiger charge is -2.31. The Morgan fingerprint density at radius 3 is 3.05 bits per heavy atom. The lowest BCUT2D eigenvalue weighted by atomic mass is 9.78. The summed E-state index contributed by atoms with van der Waals surface area (Å²) in [5.41, 5.74) is 2.79. The van der Waals surface area contributed by atoms with Crippen LogP contribution in [-0.4, -0.2) is 36.1 Å². The van der Waals surface area contributed by atoms with Gasteiger partial charge in [0.15, 0.2) is 0 Å². The Morgan fingerprint density at radius 2 is 2.32 bits per heavy atom. The van der Waals surface area contributed by atoms with Crippen molar-refractivity contribution in [3.05, 3.63) is 52.0 Å². The largest absolute Gasteiger partial charge is 0.337 e. The van der Waals surface area contributed by atoms with Crippen molar-refractivity contribution in [2.75, 3.05) is 20.1 Å². The first-order chi connectivity index (χ1) is 10.6. The zero-order chi connectivity index (χ0) is 15.5. The molecule has 4 nitrogen and oxygen atoms in total. The number of thiazole rings is 1. The van der Waals surface area contributed by atoms with Gasteiger partial charge in [0.2, 0.25) is 0 Å². The molecule has 0 aliphatic heterocycles. The summed E-state index contributed by atoms with van der Waals surface area (Å²) in [6, 6.07) is 8.45. The van der Waals surface area contributed by atoms with Crippen molar-refractivity contribution in [2.45, 2.75) is 25.2 Å². The van der Waals surface area contributed by atoms with Gasteiger partial charge in [-0.2, -0.15) is 0 Å². The Balaban J connectivity index is 1.46. The molecule has 2 aromatic rings. The van der Waals surface area contributed by atoms with Crippen LogP contribution in [0, 0.1) is 0 Å². The number of aromatic nitrogens is 1. The summed E-state index contributed by atoms with van der Waals surface area (Å²) in [4.78, 5) is 18.3. The molecule has 0 radical (unpaired) electrons. The molecule has 1 aliphatic carbocycles. The van der Waals surface area contributed by atoms with E-state index < -0.39 is 0 Å². The van der Waals surface area contributed by atoms with Crippen LogP contribution in [0.2, 0.25) is 0 Å². The molecule has 0 bridgehead atoms. The first-order valence-electron chi connectivity index (χ1n) is 7.61. The first kappa shape index (κ1) is 15.0. The van der Waals surface area contributed by atoms with Crippen LogP contribution >= 0.6 is 11.3 Å². The van der Waals surface area contributed by atoms with Crippen LogP contribution in [0.4, 0.5) is 4.79 Å². The monoisotopic (exact) mass is 315 g/mol. The van der Waals surface area contributed by atoms with E-state index in [-0.39, 0.29) is 11.9 Å². The van der Waals surface area contributed by atoms with Gasteiger partial charge in [-0.15, -0.1) is 11.3 Å². The fourth-order valence-electron chi connectivity index (χ4n) is 2.94. The average molecular weight is 315 g/mol. The minimum absolute atomic E-state index is 0.00668. The zero-order valence-electron chi connectivity index (χ0n) is 13.0. The number of carbonyl (C=O) groups is 1. The van der Waals surface area contributed by atoms with Crippen LogP contribution in [0.1, 0.15) is 34.9 Å². The number of benzene rings is 1. The Bertz CT molecular complexity index is 641. The number of rotatable bonds is 5. The maximum atomic E-state index is 12.2. The minimum Gasteiger partial charge on any atom is -0.337 e. The van der Waals surface area contributed by atoms with Crippen LogP contribution in [0.25, 0.3) is 0 Å².